The third-order valence-corrected chi connectivity index (χ3v) is 3.18. The summed E-state index contributed by atoms with van der Waals surface area (Å²) in [7, 11) is 0. The number of hydrogen-bond donors (Lipinski definition) is 2. The summed E-state index contributed by atoms with van der Waals surface area (Å²) in [5.74, 6) is -0.458. The van der Waals surface area contributed by atoms with Crippen LogP contribution in [0.5, 0.6) is 0 Å². The molecule has 2 rings (SSSR count). The molecule has 0 aliphatic rings. The Morgan fingerprint density at radius 1 is 0.870 bits per heavy atom. The summed E-state index contributed by atoms with van der Waals surface area (Å²) < 4.78 is 0. The van der Waals surface area contributed by atoms with Gasteiger partial charge in [0.15, 0.2) is 0 Å². The fourth-order valence-corrected chi connectivity index (χ4v) is 2.17. The summed E-state index contributed by atoms with van der Waals surface area (Å²) in [5, 5.41) is 5.43. The van der Waals surface area contributed by atoms with Crippen LogP contribution >= 0.6 is 0 Å². The monoisotopic (exact) mass is 310 g/mol. The van der Waals surface area contributed by atoms with Gasteiger partial charge in [0.05, 0.1) is 6.54 Å². The van der Waals surface area contributed by atoms with Crippen LogP contribution < -0.4 is 10.6 Å². The molecule has 0 spiro atoms. The molecule has 0 atom stereocenters. The Balaban J connectivity index is 1.94. The lowest BCUT2D eigenvalue weighted by Crippen LogP contribution is -2.45. The van der Waals surface area contributed by atoms with Crippen LogP contribution in [0.25, 0.3) is 11.1 Å². The van der Waals surface area contributed by atoms with Crippen molar-refractivity contribution in [1.82, 2.24) is 10.6 Å². The summed E-state index contributed by atoms with van der Waals surface area (Å²) in [6, 6.07) is 17.3. The standard InChI is InChI=1S/C19H22N2O2/c1-19(2,3)21-17(22)13-20-18(23)16-11-9-15(10-12-16)14-7-5-4-6-8-14/h4-12H,13H2,1-3H3,(H,20,23)(H,21,22). The predicted octanol–water partition coefficient (Wildman–Crippen LogP) is 3.00. The fourth-order valence-electron chi connectivity index (χ4n) is 2.17. The van der Waals surface area contributed by atoms with Gasteiger partial charge in [0, 0.05) is 11.1 Å². The van der Waals surface area contributed by atoms with E-state index in [0.717, 1.165) is 11.1 Å². The minimum atomic E-state index is -0.306. The van der Waals surface area contributed by atoms with Gasteiger partial charge >= 0.3 is 0 Å². The lowest BCUT2D eigenvalue weighted by Gasteiger charge is -2.20. The molecule has 0 radical (unpaired) electrons. The normalized spacial score (nSPS) is 10.9. The molecule has 0 saturated carbocycles. The highest BCUT2D eigenvalue weighted by Gasteiger charge is 2.14. The van der Waals surface area contributed by atoms with Crippen molar-refractivity contribution in [3.8, 4) is 11.1 Å². The van der Waals surface area contributed by atoms with Gasteiger partial charge in [-0.2, -0.15) is 0 Å². The largest absolute Gasteiger partial charge is 0.350 e. The van der Waals surface area contributed by atoms with Crippen molar-refractivity contribution in [2.75, 3.05) is 6.54 Å². The van der Waals surface area contributed by atoms with E-state index in [1.807, 2.05) is 63.2 Å². The van der Waals surface area contributed by atoms with E-state index in [4.69, 9.17) is 0 Å². The molecule has 23 heavy (non-hydrogen) atoms. The van der Waals surface area contributed by atoms with Gasteiger partial charge in [-0.25, -0.2) is 0 Å². The van der Waals surface area contributed by atoms with Crippen LogP contribution in [-0.4, -0.2) is 23.9 Å². The molecule has 4 heteroatoms. The van der Waals surface area contributed by atoms with Gasteiger partial charge in [-0.1, -0.05) is 42.5 Å². The fraction of sp³-hybridized carbons (Fsp3) is 0.263. The molecule has 2 N–H and O–H groups in total. The van der Waals surface area contributed by atoms with Crippen molar-refractivity contribution in [2.24, 2.45) is 0 Å². The molecule has 0 heterocycles. The summed E-state index contributed by atoms with van der Waals surface area (Å²) in [6.45, 7) is 5.66. The summed E-state index contributed by atoms with van der Waals surface area (Å²) >= 11 is 0. The molecule has 0 fully saturated rings. The van der Waals surface area contributed by atoms with Crippen molar-refractivity contribution in [3.05, 3.63) is 60.2 Å². The third-order valence-electron chi connectivity index (χ3n) is 3.18. The average Bonchev–Trinajstić information content (AvgIpc) is 2.52. The van der Waals surface area contributed by atoms with Gasteiger partial charge in [-0.3, -0.25) is 9.59 Å². The lowest BCUT2D eigenvalue weighted by atomic mass is 10.0. The average molecular weight is 310 g/mol. The van der Waals surface area contributed by atoms with Crippen molar-refractivity contribution < 1.29 is 9.59 Å². The zero-order valence-corrected chi connectivity index (χ0v) is 13.7. The number of rotatable bonds is 4. The van der Waals surface area contributed by atoms with E-state index in [2.05, 4.69) is 10.6 Å². The van der Waals surface area contributed by atoms with Crippen LogP contribution in [-0.2, 0) is 4.79 Å². The second-order valence-electron chi connectivity index (χ2n) is 6.42. The maximum atomic E-state index is 12.1. The molecule has 2 aromatic rings. The number of nitrogens with one attached hydrogen (secondary N) is 2. The van der Waals surface area contributed by atoms with Gasteiger partial charge in [0.25, 0.3) is 5.91 Å². The minimum absolute atomic E-state index is 0.0312. The Morgan fingerprint density at radius 2 is 1.43 bits per heavy atom. The Labute approximate surface area is 136 Å². The maximum absolute atomic E-state index is 12.1. The SMILES string of the molecule is CC(C)(C)NC(=O)CNC(=O)c1ccc(-c2ccccc2)cc1. The summed E-state index contributed by atoms with van der Waals surface area (Å²) in [6.07, 6.45) is 0. The Morgan fingerprint density at radius 3 is 2.00 bits per heavy atom. The minimum Gasteiger partial charge on any atom is -0.350 e. The molecule has 0 bridgehead atoms. The van der Waals surface area contributed by atoms with Crippen LogP contribution in [0.4, 0.5) is 0 Å². The highest BCUT2D eigenvalue weighted by Crippen LogP contribution is 2.19. The highest BCUT2D eigenvalue weighted by atomic mass is 16.2. The molecule has 120 valence electrons. The molecular weight excluding hydrogens is 288 g/mol. The van der Waals surface area contributed by atoms with Crippen molar-refractivity contribution >= 4 is 11.8 Å². The van der Waals surface area contributed by atoms with Crippen LogP contribution in [0.2, 0.25) is 0 Å². The first-order valence-electron chi connectivity index (χ1n) is 7.60. The third kappa shape index (κ3) is 5.25. The van der Waals surface area contributed by atoms with Gasteiger partial charge in [0.2, 0.25) is 5.91 Å². The lowest BCUT2D eigenvalue weighted by molar-refractivity contribution is -0.121. The first-order valence-corrected chi connectivity index (χ1v) is 7.60. The Kier molecular flexibility index (Phi) is 5.16. The molecule has 0 aliphatic carbocycles. The second-order valence-corrected chi connectivity index (χ2v) is 6.42. The van der Waals surface area contributed by atoms with Crippen LogP contribution in [0, 0.1) is 0 Å². The van der Waals surface area contributed by atoms with E-state index >= 15 is 0 Å². The second kappa shape index (κ2) is 7.09. The number of amides is 2. The van der Waals surface area contributed by atoms with Gasteiger partial charge in [0.1, 0.15) is 0 Å². The predicted molar refractivity (Wildman–Crippen MR) is 92.1 cm³/mol. The zero-order chi connectivity index (χ0) is 16.9. The van der Waals surface area contributed by atoms with Crippen molar-refractivity contribution in [3.63, 3.8) is 0 Å². The van der Waals surface area contributed by atoms with Crippen LogP contribution in [0.3, 0.4) is 0 Å². The molecule has 0 aliphatic heterocycles. The highest BCUT2D eigenvalue weighted by molar-refractivity contribution is 5.96. The van der Waals surface area contributed by atoms with Crippen LogP contribution in [0.1, 0.15) is 31.1 Å². The van der Waals surface area contributed by atoms with E-state index in [9.17, 15) is 9.59 Å². The molecular formula is C19H22N2O2. The topological polar surface area (TPSA) is 58.2 Å². The van der Waals surface area contributed by atoms with E-state index < -0.39 is 0 Å². The number of carbonyl (C=O) groups excluding carboxylic acids is 2. The van der Waals surface area contributed by atoms with E-state index in [1.54, 1.807) is 12.1 Å². The smallest absolute Gasteiger partial charge is 0.251 e. The van der Waals surface area contributed by atoms with Gasteiger partial charge < -0.3 is 10.6 Å². The van der Waals surface area contributed by atoms with Gasteiger partial charge in [-0.05, 0) is 44.0 Å². The molecule has 4 nitrogen and oxygen atoms in total. The first-order chi connectivity index (χ1) is 10.8. The Bertz CT molecular complexity index is 671. The molecule has 2 aromatic carbocycles. The molecule has 0 unspecified atom stereocenters. The number of hydrogen-bond acceptors (Lipinski definition) is 2. The summed E-state index contributed by atoms with van der Waals surface area (Å²) in [5.41, 5.74) is 2.38. The molecule has 0 saturated heterocycles. The van der Waals surface area contributed by atoms with Crippen LogP contribution in [0.15, 0.2) is 54.6 Å². The number of carbonyl (C=O) groups is 2. The molecule has 0 aromatic heterocycles. The zero-order valence-electron chi connectivity index (χ0n) is 13.7. The maximum Gasteiger partial charge on any atom is 0.251 e. The van der Waals surface area contributed by atoms with E-state index in [-0.39, 0.29) is 23.9 Å². The Hall–Kier alpha value is -2.62. The van der Waals surface area contributed by atoms with E-state index in [0.29, 0.717) is 5.56 Å². The number of benzene rings is 2. The van der Waals surface area contributed by atoms with Crippen molar-refractivity contribution in [2.45, 2.75) is 26.3 Å². The van der Waals surface area contributed by atoms with Crippen molar-refractivity contribution in [1.29, 1.82) is 0 Å². The quantitative estimate of drug-likeness (QED) is 0.912. The van der Waals surface area contributed by atoms with Gasteiger partial charge in [-0.15, -0.1) is 0 Å². The summed E-state index contributed by atoms with van der Waals surface area (Å²) in [4.78, 5) is 23.8. The molecule has 2 amide bonds. The van der Waals surface area contributed by atoms with E-state index in [1.165, 1.54) is 0 Å². The first kappa shape index (κ1) is 16.7.